The van der Waals surface area contributed by atoms with Crippen LogP contribution in [0.1, 0.15) is 19.8 Å². The maximum atomic E-state index is 12.6. The molecule has 0 saturated carbocycles. The van der Waals surface area contributed by atoms with E-state index in [0.29, 0.717) is 26.2 Å². The maximum Gasteiger partial charge on any atom is 0.282 e. The summed E-state index contributed by atoms with van der Waals surface area (Å²) in [6, 6.07) is 0.263. The highest BCUT2D eigenvalue weighted by atomic mass is 32.2. The number of hydrogen-bond acceptors (Lipinski definition) is 4. The Balaban J connectivity index is 1.99. The summed E-state index contributed by atoms with van der Waals surface area (Å²) in [6.07, 6.45) is 1.53. The van der Waals surface area contributed by atoms with E-state index in [9.17, 15) is 8.42 Å². The Labute approximate surface area is 116 Å². The quantitative estimate of drug-likeness (QED) is 0.766. The minimum absolute atomic E-state index is 0.166. The second-order valence-electron chi connectivity index (χ2n) is 5.72. The average molecular weight is 291 g/mol. The van der Waals surface area contributed by atoms with Gasteiger partial charge in [0, 0.05) is 45.4 Å². The molecule has 0 aromatic carbocycles. The number of aliphatic hydroxyl groups is 1. The summed E-state index contributed by atoms with van der Waals surface area (Å²) in [4.78, 5) is 2.18. The van der Waals surface area contributed by atoms with Crippen molar-refractivity contribution < 1.29 is 13.5 Å². The van der Waals surface area contributed by atoms with Crippen molar-refractivity contribution in [2.24, 2.45) is 5.92 Å². The lowest BCUT2D eigenvalue weighted by Crippen LogP contribution is -2.56. The van der Waals surface area contributed by atoms with Gasteiger partial charge in [0.2, 0.25) is 0 Å². The van der Waals surface area contributed by atoms with Crippen molar-refractivity contribution in [3.8, 4) is 0 Å². The van der Waals surface area contributed by atoms with Crippen LogP contribution < -0.4 is 0 Å². The van der Waals surface area contributed by atoms with Crippen LogP contribution in [-0.4, -0.2) is 79.5 Å². The first kappa shape index (κ1) is 15.2. The highest BCUT2D eigenvalue weighted by Crippen LogP contribution is 2.22. The van der Waals surface area contributed by atoms with Crippen molar-refractivity contribution in [2.45, 2.75) is 25.8 Å². The molecule has 2 saturated heterocycles. The molecule has 0 spiro atoms. The van der Waals surface area contributed by atoms with Gasteiger partial charge in [-0.1, -0.05) is 0 Å². The molecule has 7 heteroatoms. The third-order valence-electron chi connectivity index (χ3n) is 4.41. The lowest BCUT2D eigenvalue weighted by Gasteiger charge is -2.40. The molecular formula is C12H25N3O3S. The lowest BCUT2D eigenvalue weighted by atomic mass is 10.00. The van der Waals surface area contributed by atoms with Gasteiger partial charge >= 0.3 is 0 Å². The summed E-state index contributed by atoms with van der Waals surface area (Å²) >= 11 is 0. The Hall–Kier alpha value is -0.210. The number of aliphatic hydroxyl groups excluding tert-OH is 1. The van der Waals surface area contributed by atoms with E-state index in [1.165, 1.54) is 0 Å². The molecule has 19 heavy (non-hydrogen) atoms. The summed E-state index contributed by atoms with van der Waals surface area (Å²) in [7, 11) is -1.29. The molecule has 2 rings (SSSR count). The van der Waals surface area contributed by atoms with Gasteiger partial charge in [0.25, 0.3) is 10.2 Å². The lowest BCUT2D eigenvalue weighted by molar-refractivity contribution is 0.141. The van der Waals surface area contributed by atoms with Crippen LogP contribution >= 0.6 is 0 Å². The maximum absolute atomic E-state index is 12.6. The molecule has 0 radical (unpaired) electrons. The zero-order valence-electron chi connectivity index (χ0n) is 11.8. The number of hydrogen-bond donors (Lipinski definition) is 1. The van der Waals surface area contributed by atoms with Gasteiger partial charge in [-0.25, -0.2) is 0 Å². The van der Waals surface area contributed by atoms with Crippen LogP contribution in [0.3, 0.4) is 0 Å². The second kappa shape index (κ2) is 6.05. The van der Waals surface area contributed by atoms with Crippen molar-refractivity contribution in [1.82, 2.24) is 13.5 Å². The molecule has 1 N–H and O–H groups in total. The second-order valence-corrected chi connectivity index (χ2v) is 7.65. The number of nitrogens with zero attached hydrogens (tertiary/aromatic N) is 3. The first-order chi connectivity index (χ1) is 8.95. The molecule has 0 amide bonds. The van der Waals surface area contributed by atoms with Crippen LogP contribution in [0.4, 0.5) is 0 Å². The standard InChI is InChI=1S/C12H25N3O3S/c1-11-9-15(8-7-13(11)2)19(17,18)14-5-3-12(10-16)4-6-14/h11-12,16H,3-10H2,1-2H3. The average Bonchev–Trinajstić information content (AvgIpc) is 2.41. The van der Waals surface area contributed by atoms with E-state index in [-0.39, 0.29) is 18.6 Å². The van der Waals surface area contributed by atoms with E-state index < -0.39 is 10.2 Å². The Kier molecular flexibility index (Phi) is 4.84. The minimum Gasteiger partial charge on any atom is -0.396 e. The van der Waals surface area contributed by atoms with Crippen LogP contribution in [0.25, 0.3) is 0 Å². The van der Waals surface area contributed by atoms with E-state index in [1.807, 2.05) is 7.05 Å². The normalized spacial score (nSPS) is 29.7. The van der Waals surface area contributed by atoms with Crippen molar-refractivity contribution in [3.63, 3.8) is 0 Å². The van der Waals surface area contributed by atoms with Crippen LogP contribution in [-0.2, 0) is 10.2 Å². The van der Waals surface area contributed by atoms with Gasteiger partial charge in [-0.3, -0.25) is 0 Å². The van der Waals surface area contributed by atoms with Crippen molar-refractivity contribution in [1.29, 1.82) is 0 Å². The Morgan fingerprint density at radius 3 is 2.26 bits per heavy atom. The minimum atomic E-state index is -3.31. The smallest absolute Gasteiger partial charge is 0.282 e. The molecule has 2 fully saturated rings. The van der Waals surface area contributed by atoms with Crippen molar-refractivity contribution in [2.75, 3.05) is 46.4 Å². The highest BCUT2D eigenvalue weighted by Gasteiger charge is 2.35. The highest BCUT2D eigenvalue weighted by molar-refractivity contribution is 7.86. The largest absolute Gasteiger partial charge is 0.396 e. The number of likely N-dealkylation sites (N-methyl/N-ethyl adjacent to an activating group) is 1. The first-order valence-electron chi connectivity index (χ1n) is 7.01. The van der Waals surface area contributed by atoms with Gasteiger partial charge in [-0.05, 0) is 32.7 Å². The van der Waals surface area contributed by atoms with Crippen LogP contribution in [0, 0.1) is 5.92 Å². The fraction of sp³-hybridized carbons (Fsp3) is 1.00. The summed E-state index contributed by atoms with van der Waals surface area (Å²) in [5.74, 6) is 0.262. The molecule has 0 aromatic heterocycles. The van der Waals surface area contributed by atoms with E-state index in [4.69, 9.17) is 5.11 Å². The number of piperidine rings is 1. The van der Waals surface area contributed by atoms with Crippen LogP contribution in [0.5, 0.6) is 0 Å². The van der Waals surface area contributed by atoms with Gasteiger partial charge in [-0.2, -0.15) is 17.0 Å². The molecule has 1 atom stereocenters. The summed E-state index contributed by atoms with van der Waals surface area (Å²) < 4.78 is 28.3. The monoisotopic (exact) mass is 291 g/mol. The van der Waals surface area contributed by atoms with E-state index in [2.05, 4.69) is 11.8 Å². The van der Waals surface area contributed by atoms with Gasteiger partial charge in [0.05, 0.1) is 0 Å². The molecule has 2 aliphatic rings. The fourth-order valence-corrected chi connectivity index (χ4v) is 4.43. The fourth-order valence-electron chi connectivity index (χ4n) is 2.71. The topological polar surface area (TPSA) is 64.1 Å². The number of piperazine rings is 1. The van der Waals surface area contributed by atoms with Gasteiger partial charge in [0.15, 0.2) is 0 Å². The van der Waals surface area contributed by atoms with Gasteiger partial charge < -0.3 is 10.0 Å². The van der Waals surface area contributed by atoms with Crippen LogP contribution in [0.2, 0.25) is 0 Å². The Bertz CT molecular complexity index is 393. The summed E-state index contributed by atoms with van der Waals surface area (Å²) in [5.41, 5.74) is 0. The molecule has 6 nitrogen and oxygen atoms in total. The molecule has 2 heterocycles. The molecular weight excluding hydrogens is 266 g/mol. The molecule has 112 valence electrons. The van der Waals surface area contributed by atoms with E-state index in [1.54, 1.807) is 8.61 Å². The summed E-state index contributed by atoms with van der Waals surface area (Å²) in [6.45, 7) is 5.22. The Morgan fingerprint density at radius 2 is 1.74 bits per heavy atom. The van der Waals surface area contributed by atoms with E-state index >= 15 is 0 Å². The number of rotatable bonds is 3. The third kappa shape index (κ3) is 3.28. The molecule has 0 aliphatic carbocycles. The van der Waals surface area contributed by atoms with E-state index in [0.717, 1.165) is 19.4 Å². The molecule has 1 unspecified atom stereocenters. The SMILES string of the molecule is CC1CN(S(=O)(=O)N2CCC(CO)CC2)CCN1C. The zero-order chi connectivity index (χ0) is 14.0. The molecule has 0 bridgehead atoms. The van der Waals surface area contributed by atoms with Crippen LogP contribution in [0.15, 0.2) is 0 Å². The molecule has 0 aromatic rings. The third-order valence-corrected chi connectivity index (χ3v) is 6.41. The van der Waals surface area contributed by atoms with Gasteiger partial charge in [0.1, 0.15) is 0 Å². The van der Waals surface area contributed by atoms with Gasteiger partial charge in [-0.15, -0.1) is 0 Å². The molecule has 2 aliphatic heterocycles. The van der Waals surface area contributed by atoms with Crippen molar-refractivity contribution >= 4 is 10.2 Å². The summed E-state index contributed by atoms with van der Waals surface area (Å²) in [5, 5.41) is 9.11. The predicted molar refractivity (Wildman–Crippen MR) is 74.0 cm³/mol. The Morgan fingerprint density at radius 1 is 1.11 bits per heavy atom. The van der Waals surface area contributed by atoms with Crippen molar-refractivity contribution in [3.05, 3.63) is 0 Å². The predicted octanol–water partition coefficient (Wildman–Crippen LogP) is -0.429. The zero-order valence-corrected chi connectivity index (χ0v) is 12.6. The first-order valence-corrected chi connectivity index (χ1v) is 8.41.